The second kappa shape index (κ2) is 3.17. The van der Waals surface area contributed by atoms with Gasteiger partial charge in [0, 0.05) is 31.7 Å². The quantitative estimate of drug-likeness (QED) is 0.711. The van der Waals surface area contributed by atoms with Crippen LogP contribution in [0.25, 0.3) is 0 Å². The summed E-state index contributed by atoms with van der Waals surface area (Å²) in [5, 5.41) is 9.03. The van der Waals surface area contributed by atoms with E-state index in [0.717, 1.165) is 12.8 Å². The van der Waals surface area contributed by atoms with Crippen LogP contribution < -0.4 is 0 Å². The SMILES string of the molecule is OCC1(CN2C[C@H](F)[C@@H](F)C2)CC1. The van der Waals surface area contributed by atoms with Crippen molar-refractivity contribution in [2.24, 2.45) is 5.41 Å². The van der Waals surface area contributed by atoms with Crippen LogP contribution in [0.2, 0.25) is 0 Å². The molecular formula is C9H15F2NO. The van der Waals surface area contributed by atoms with Crippen LogP contribution in [0.15, 0.2) is 0 Å². The summed E-state index contributed by atoms with van der Waals surface area (Å²) in [6.45, 7) is 1.20. The molecule has 2 atom stereocenters. The van der Waals surface area contributed by atoms with Gasteiger partial charge >= 0.3 is 0 Å². The van der Waals surface area contributed by atoms with Crippen LogP contribution in [-0.2, 0) is 0 Å². The van der Waals surface area contributed by atoms with Gasteiger partial charge in [-0.3, -0.25) is 4.90 Å². The molecule has 0 aromatic carbocycles. The number of hydrogen-bond acceptors (Lipinski definition) is 2. The Balaban J connectivity index is 1.83. The number of aliphatic hydroxyl groups is 1. The molecule has 1 aliphatic heterocycles. The summed E-state index contributed by atoms with van der Waals surface area (Å²) in [4.78, 5) is 1.79. The number of rotatable bonds is 3. The molecule has 0 radical (unpaired) electrons. The molecule has 1 saturated carbocycles. The molecule has 0 aromatic rings. The molecule has 0 spiro atoms. The van der Waals surface area contributed by atoms with Crippen molar-refractivity contribution in [3.8, 4) is 0 Å². The third kappa shape index (κ3) is 1.83. The predicted molar refractivity (Wildman–Crippen MR) is 45.0 cm³/mol. The lowest BCUT2D eigenvalue weighted by atomic mass is 10.1. The average Bonchev–Trinajstić information content (AvgIpc) is 2.78. The standard InChI is InChI=1S/C9H15F2NO/c10-7-3-12(4-8(7)11)5-9(6-13)1-2-9/h7-8,13H,1-6H2/t7-,8-/m0/s1. The van der Waals surface area contributed by atoms with Crippen molar-refractivity contribution >= 4 is 0 Å². The highest BCUT2D eigenvalue weighted by atomic mass is 19.2. The van der Waals surface area contributed by atoms with E-state index in [1.165, 1.54) is 0 Å². The molecule has 2 nitrogen and oxygen atoms in total. The zero-order valence-electron chi connectivity index (χ0n) is 7.55. The first-order valence-corrected chi connectivity index (χ1v) is 4.77. The Morgan fingerprint density at radius 1 is 1.23 bits per heavy atom. The first-order valence-electron chi connectivity index (χ1n) is 4.77. The minimum absolute atomic E-state index is 0.0240. The van der Waals surface area contributed by atoms with Crippen molar-refractivity contribution in [1.29, 1.82) is 0 Å². The minimum Gasteiger partial charge on any atom is -0.396 e. The third-order valence-corrected chi connectivity index (χ3v) is 3.11. The van der Waals surface area contributed by atoms with Gasteiger partial charge in [0.05, 0.1) is 0 Å². The van der Waals surface area contributed by atoms with Crippen molar-refractivity contribution in [3.63, 3.8) is 0 Å². The van der Waals surface area contributed by atoms with Crippen LogP contribution in [0.4, 0.5) is 8.78 Å². The zero-order valence-corrected chi connectivity index (χ0v) is 7.55. The Hall–Kier alpha value is -0.220. The van der Waals surface area contributed by atoms with Crippen molar-refractivity contribution in [1.82, 2.24) is 4.90 Å². The molecule has 2 fully saturated rings. The summed E-state index contributed by atoms with van der Waals surface area (Å²) < 4.78 is 25.6. The van der Waals surface area contributed by atoms with E-state index >= 15 is 0 Å². The maximum absolute atomic E-state index is 12.8. The summed E-state index contributed by atoms with van der Waals surface area (Å²) in [7, 11) is 0. The van der Waals surface area contributed by atoms with E-state index < -0.39 is 12.3 Å². The van der Waals surface area contributed by atoms with Gasteiger partial charge in [-0.1, -0.05) is 0 Å². The van der Waals surface area contributed by atoms with E-state index in [1.807, 2.05) is 0 Å². The van der Waals surface area contributed by atoms with Gasteiger partial charge < -0.3 is 5.11 Å². The van der Waals surface area contributed by atoms with Gasteiger partial charge in [-0.2, -0.15) is 0 Å². The lowest BCUT2D eigenvalue weighted by Crippen LogP contribution is -2.30. The maximum Gasteiger partial charge on any atom is 0.145 e. The van der Waals surface area contributed by atoms with Crippen molar-refractivity contribution in [2.75, 3.05) is 26.2 Å². The molecule has 2 rings (SSSR count). The van der Waals surface area contributed by atoms with E-state index in [0.29, 0.717) is 6.54 Å². The Morgan fingerprint density at radius 3 is 2.15 bits per heavy atom. The first-order chi connectivity index (χ1) is 6.15. The van der Waals surface area contributed by atoms with Crippen molar-refractivity contribution in [2.45, 2.75) is 25.2 Å². The average molecular weight is 191 g/mol. The third-order valence-electron chi connectivity index (χ3n) is 3.11. The van der Waals surface area contributed by atoms with Crippen LogP contribution in [0.5, 0.6) is 0 Å². The molecule has 4 heteroatoms. The number of likely N-dealkylation sites (tertiary alicyclic amines) is 1. The predicted octanol–water partition coefficient (Wildman–Crippen LogP) is 0.751. The number of nitrogens with zero attached hydrogens (tertiary/aromatic N) is 1. The van der Waals surface area contributed by atoms with Crippen LogP contribution >= 0.6 is 0 Å². The maximum atomic E-state index is 12.8. The van der Waals surface area contributed by atoms with Gasteiger partial charge in [0.15, 0.2) is 0 Å². The Bertz CT molecular complexity index is 186. The van der Waals surface area contributed by atoms with Crippen LogP contribution in [0.3, 0.4) is 0 Å². The lowest BCUT2D eigenvalue weighted by Gasteiger charge is -2.20. The fourth-order valence-corrected chi connectivity index (χ4v) is 1.94. The highest BCUT2D eigenvalue weighted by Crippen LogP contribution is 2.46. The normalized spacial score (nSPS) is 38.1. The molecule has 1 N–H and O–H groups in total. The highest BCUT2D eigenvalue weighted by molar-refractivity contribution is 4.97. The van der Waals surface area contributed by atoms with Gasteiger partial charge in [-0.25, -0.2) is 8.78 Å². The largest absolute Gasteiger partial charge is 0.396 e. The molecule has 0 unspecified atom stereocenters. The minimum atomic E-state index is -1.32. The molecule has 0 bridgehead atoms. The molecule has 0 aromatic heterocycles. The Morgan fingerprint density at radius 2 is 1.77 bits per heavy atom. The first kappa shape index (κ1) is 9.34. The highest BCUT2D eigenvalue weighted by Gasteiger charge is 2.45. The van der Waals surface area contributed by atoms with E-state index in [2.05, 4.69) is 0 Å². The fraction of sp³-hybridized carbons (Fsp3) is 1.00. The smallest absolute Gasteiger partial charge is 0.145 e. The topological polar surface area (TPSA) is 23.5 Å². The molecule has 1 aliphatic carbocycles. The lowest BCUT2D eigenvalue weighted by molar-refractivity contribution is 0.157. The van der Waals surface area contributed by atoms with E-state index in [-0.39, 0.29) is 25.1 Å². The molecule has 0 amide bonds. The molecule has 1 saturated heterocycles. The van der Waals surface area contributed by atoms with E-state index in [1.54, 1.807) is 4.90 Å². The number of halogens is 2. The second-order valence-corrected chi connectivity index (χ2v) is 4.38. The number of alkyl halides is 2. The van der Waals surface area contributed by atoms with E-state index in [9.17, 15) is 8.78 Å². The molecule has 1 heterocycles. The molecule has 2 aliphatic rings. The number of hydrogen-bond donors (Lipinski definition) is 1. The molecular weight excluding hydrogens is 176 g/mol. The Labute approximate surface area is 76.5 Å². The summed E-state index contributed by atoms with van der Waals surface area (Å²) in [5.74, 6) is 0. The second-order valence-electron chi connectivity index (χ2n) is 4.38. The van der Waals surface area contributed by atoms with Crippen LogP contribution in [0.1, 0.15) is 12.8 Å². The van der Waals surface area contributed by atoms with Crippen LogP contribution in [0, 0.1) is 5.41 Å². The van der Waals surface area contributed by atoms with Gasteiger partial charge in [0.1, 0.15) is 12.3 Å². The van der Waals surface area contributed by atoms with Gasteiger partial charge in [0.25, 0.3) is 0 Å². The van der Waals surface area contributed by atoms with Gasteiger partial charge in [0.2, 0.25) is 0 Å². The molecule has 76 valence electrons. The summed E-state index contributed by atoms with van der Waals surface area (Å²) >= 11 is 0. The Kier molecular flexibility index (Phi) is 2.28. The molecule has 13 heavy (non-hydrogen) atoms. The van der Waals surface area contributed by atoms with Crippen molar-refractivity contribution < 1.29 is 13.9 Å². The zero-order chi connectivity index (χ0) is 9.47. The van der Waals surface area contributed by atoms with E-state index in [4.69, 9.17) is 5.11 Å². The number of aliphatic hydroxyl groups excluding tert-OH is 1. The summed E-state index contributed by atoms with van der Waals surface area (Å²) in [6, 6.07) is 0. The summed E-state index contributed by atoms with van der Waals surface area (Å²) in [6.07, 6.45) is -0.661. The monoisotopic (exact) mass is 191 g/mol. The van der Waals surface area contributed by atoms with Crippen LogP contribution in [-0.4, -0.2) is 48.6 Å². The summed E-state index contributed by atoms with van der Waals surface area (Å²) in [5.41, 5.74) is -0.0240. The van der Waals surface area contributed by atoms with Gasteiger partial charge in [-0.05, 0) is 12.8 Å². The van der Waals surface area contributed by atoms with Gasteiger partial charge in [-0.15, -0.1) is 0 Å². The van der Waals surface area contributed by atoms with Crippen molar-refractivity contribution in [3.05, 3.63) is 0 Å². The fourth-order valence-electron chi connectivity index (χ4n) is 1.94.